The fourth-order valence-electron chi connectivity index (χ4n) is 5.58. The van der Waals surface area contributed by atoms with E-state index in [1.807, 2.05) is 69.4 Å². The topological polar surface area (TPSA) is 96.7 Å². The molecule has 0 aliphatic carbocycles. The molecular weight excluding hydrogens is 468 g/mol. The molecule has 2 aliphatic heterocycles. The van der Waals surface area contributed by atoms with Crippen LogP contribution >= 0.6 is 0 Å². The molecule has 0 saturated carbocycles. The first-order valence-electron chi connectivity index (χ1n) is 12.7. The Morgan fingerprint density at radius 2 is 1.84 bits per heavy atom. The smallest absolute Gasteiger partial charge is 0.410 e. The first-order chi connectivity index (χ1) is 17.7. The van der Waals surface area contributed by atoms with Crippen molar-refractivity contribution in [3.63, 3.8) is 0 Å². The third-order valence-corrected chi connectivity index (χ3v) is 7.29. The van der Waals surface area contributed by atoms with Crippen LogP contribution < -0.4 is 5.32 Å². The van der Waals surface area contributed by atoms with E-state index in [1.165, 1.54) is 0 Å². The maximum absolute atomic E-state index is 12.5. The molecule has 1 fully saturated rings. The van der Waals surface area contributed by atoms with E-state index >= 15 is 0 Å². The second kappa shape index (κ2) is 8.59. The summed E-state index contributed by atoms with van der Waals surface area (Å²) in [6.07, 6.45) is 4.13. The van der Waals surface area contributed by atoms with Crippen LogP contribution in [0.5, 0.6) is 0 Å². The highest BCUT2D eigenvalue weighted by atomic mass is 16.6. The summed E-state index contributed by atoms with van der Waals surface area (Å²) < 4.78 is 7.69. The number of piperidine rings is 1. The predicted molar refractivity (Wildman–Crippen MR) is 142 cm³/mol. The molecular formula is C29H30N4O4. The minimum absolute atomic E-state index is 0.120. The largest absolute Gasteiger partial charge is 0.444 e. The molecule has 190 valence electrons. The Kier molecular flexibility index (Phi) is 5.45. The number of nitrogens with zero attached hydrogens (tertiary/aromatic N) is 3. The molecule has 0 spiro atoms. The van der Waals surface area contributed by atoms with Gasteiger partial charge >= 0.3 is 6.09 Å². The molecule has 0 bridgehead atoms. The molecule has 6 rings (SSSR count). The quantitative estimate of drug-likeness (QED) is 0.394. The van der Waals surface area contributed by atoms with Crippen molar-refractivity contribution in [3.8, 4) is 0 Å². The summed E-state index contributed by atoms with van der Waals surface area (Å²) in [6.45, 7) is 6.81. The molecule has 4 heterocycles. The van der Waals surface area contributed by atoms with Gasteiger partial charge in [-0.3, -0.25) is 4.79 Å². The van der Waals surface area contributed by atoms with Crippen LogP contribution in [0.15, 0.2) is 54.9 Å². The SMILES string of the molecule is CC(C)(C)OC(=O)N1CCC(n2cc(C(O)c3ccc4c5c(cccc35)C(=O)N4)c3cccnc32)CC1. The van der Waals surface area contributed by atoms with Crippen molar-refractivity contribution in [2.75, 3.05) is 18.4 Å². The van der Waals surface area contributed by atoms with E-state index in [4.69, 9.17) is 4.74 Å². The number of amides is 2. The van der Waals surface area contributed by atoms with E-state index < -0.39 is 11.7 Å². The highest BCUT2D eigenvalue weighted by molar-refractivity contribution is 6.24. The second-order valence-corrected chi connectivity index (χ2v) is 10.9. The predicted octanol–water partition coefficient (Wildman–Crippen LogP) is 5.41. The fraction of sp³-hybridized carbons (Fsp3) is 0.345. The standard InChI is InChI=1S/C29H30N4O4/c1-29(2,3)37-28(36)32-14-11-17(12-15-32)33-16-22(20-8-5-13-30-26(20)33)25(34)19-9-10-23-24-18(19)6-4-7-21(24)27(35)31-23/h4-10,13,16-17,25,34H,11-12,14-15H2,1-3H3,(H,31,35). The van der Waals surface area contributed by atoms with E-state index in [-0.39, 0.29) is 18.0 Å². The number of hydrogen-bond acceptors (Lipinski definition) is 5. The van der Waals surface area contributed by atoms with E-state index in [2.05, 4.69) is 14.9 Å². The third-order valence-electron chi connectivity index (χ3n) is 7.29. The average molecular weight is 499 g/mol. The molecule has 2 amide bonds. The van der Waals surface area contributed by atoms with Gasteiger partial charge in [-0.2, -0.15) is 0 Å². The molecule has 2 aromatic carbocycles. The minimum Gasteiger partial charge on any atom is -0.444 e. The summed E-state index contributed by atoms with van der Waals surface area (Å²) in [5.41, 5.74) is 3.21. The molecule has 1 saturated heterocycles. The number of aliphatic hydroxyl groups excluding tert-OH is 1. The number of anilines is 1. The summed E-state index contributed by atoms with van der Waals surface area (Å²) in [5, 5.41) is 17.2. The monoisotopic (exact) mass is 498 g/mol. The van der Waals surface area contributed by atoms with Crippen LogP contribution in [0.25, 0.3) is 21.8 Å². The van der Waals surface area contributed by atoms with E-state index in [0.29, 0.717) is 18.7 Å². The maximum atomic E-state index is 12.5. The lowest BCUT2D eigenvalue weighted by molar-refractivity contribution is 0.0189. The van der Waals surface area contributed by atoms with Crippen LogP contribution in [0.1, 0.15) is 67.2 Å². The van der Waals surface area contributed by atoms with Crippen molar-refractivity contribution >= 4 is 39.5 Å². The van der Waals surface area contributed by atoms with Crippen molar-refractivity contribution in [3.05, 3.63) is 71.5 Å². The second-order valence-electron chi connectivity index (χ2n) is 10.9. The number of aliphatic hydroxyl groups is 1. The number of nitrogens with one attached hydrogen (secondary N) is 1. The van der Waals surface area contributed by atoms with Crippen LogP contribution in [-0.4, -0.2) is 50.2 Å². The minimum atomic E-state index is -0.894. The molecule has 2 aliphatic rings. The zero-order valence-electron chi connectivity index (χ0n) is 21.2. The number of aromatic nitrogens is 2. The van der Waals surface area contributed by atoms with Crippen molar-refractivity contribution in [2.45, 2.75) is 51.4 Å². The number of ether oxygens (including phenoxy) is 1. The van der Waals surface area contributed by atoms with Gasteiger partial charge < -0.3 is 24.6 Å². The number of benzene rings is 2. The normalized spacial score (nSPS) is 16.9. The first-order valence-corrected chi connectivity index (χ1v) is 12.7. The van der Waals surface area contributed by atoms with Crippen molar-refractivity contribution in [1.82, 2.24) is 14.5 Å². The fourth-order valence-corrected chi connectivity index (χ4v) is 5.58. The lowest BCUT2D eigenvalue weighted by Crippen LogP contribution is -2.42. The Balaban J connectivity index is 1.33. The van der Waals surface area contributed by atoms with Gasteiger partial charge in [0, 0.05) is 59.1 Å². The molecule has 4 aromatic rings. The molecule has 0 radical (unpaired) electrons. The van der Waals surface area contributed by atoms with Crippen LogP contribution in [0, 0.1) is 0 Å². The molecule has 2 N–H and O–H groups in total. The lowest BCUT2D eigenvalue weighted by Gasteiger charge is -2.34. The summed E-state index contributed by atoms with van der Waals surface area (Å²) in [7, 11) is 0. The van der Waals surface area contributed by atoms with Gasteiger partial charge in [0.15, 0.2) is 0 Å². The molecule has 8 nitrogen and oxygen atoms in total. The summed E-state index contributed by atoms with van der Waals surface area (Å²) >= 11 is 0. The highest BCUT2D eigenvalue weighted by Gasteiger charge is 2.30. The number of fused-ring (bicyclic) bond motifs is 1. The number of rotatable bonds is 3. The Labute approximate surface area is 214 Å². The van der Waals surface area contributed by atoms with Crippen molar-refractivity contribution in [2.24, 2.45) is 0 Å². The Bertz CT molecular complexity index is 1540. The van der Waals surface area contributed by atoms with E-state index in [0.717, 1.165) is 51.5 Å². The number of pyridine rings is 1. The van der Waals surface area contributed by atoms with Gasteiger partial charge in [-0.1, -0.05) is 18.2 Å². The maximum Gasteiger partial charge on any atom is 0.410 e. The van der Waals surface area contributed by atoms with Gasteiger partial charge in [0.05, 0.1) is 0 Å². The summed E-state index contributed by atoms with van der Waals surface area (Å²) in [4.78, 5) is 31.3. The summed E-state index contributed by atoms with van der Waals surface area (Å²) in [5.74, 6) is -0.120. The molecule has 37 heavy (non-hydrogen) atoms. The van der Waals surface area contributed by atoms with Crippen LogP contribution in [-0.2, 0) is 4.74 Å². The van der Waals surface area contributed by atoms with Crippen LogP contribution in [0.3, 0.4) is 0 Å². The Morgan fingerprint density at radius 3 is 2.59 bits per heavy atom. The third kappa shape index (κ3) is 4.01. The van der Waals surface area contributed by atoms with Crippen LogP contribution in [0.4, 0.5) is 10.5 Å². The Hall–Kier alpha value is -3.91. The van der Waals surface area contributed by atoms with Gasteiger partial charge in [-0.15, -0.1) is 0 Å². The Morgan fingerprint density at radius 1 is 1.08 bits per heavy atom. The number of carbonyl (C=O) groups is 2. The van der Waals surface area contributed by atoms with E-state index in [1.54, 1.807) is 11.1 Å². The average Bonchev–Trinajstić information content (AvgIpc) is 3.42. The summed E-state index contributed by atoms with van der Waals surface area (Å²) in [6, 6.07) is 13.4. The molecule has 8 heteroatoms. The molecule has 2 aromatic heterocycles. The van der Waals surface area contributed by atoms with Crippen molar-refractivity contribution < 1.29 is 19.4 Å². The van der Waals surface area contributed by atoms with Gasteiger partial charge in [-0.25, -0.2) is 9.78 Å². The zero-order valence-corrected chi connectivity index (χ0v) is 21.2. The molecule has 1 unspecified atom stereocenters. The lowest BCUT2D eigenvalue weighted by atomic mass is 9.94. The van der Waals surface area contributed by atoms with Gasteiger partial charge in [0.2, 0.25) is 0 Å². The number of carbonyl (C=O) groups excluding carboxylic acids is 2. The zero-order chi connectivity index (χ0) is 25.9. The molecule has 1 atom stereocenters. The number of likely N-dealkylation sites (tertiary alicyclic amines) is 1. The van der Waals surface area contributed by atoms with Crippen LogP contribution in [0.2, 0.25) is 0 Å². The van der Waals surface area contributed by atoms with Gasteiger partial charge in [0.25, 0.3) is 5.91 Å². The van der Waals surface area contributed by atoms with E-state index in [9.17, 15) is 14.7 Å². The number of hydrogen-bond donors (Lipinski definition) is 2. The van der Waals surface area contributed by atoms with Gasteiger partial charge in [-0.05, 0) is 68.8 Å². The first kappa shape index (κ1) is 23.5. The van der Waals surface area contributed by atoms with Crippen molar-refractivity contribution in [1.29, 1.82) is 0 Å². The highest BCUT2D eigenvalue weighted by Crippen LogP contribution is 2.40. The van der Waals surface area contributed by atoms with Gasteiger partial charge in [0.1, 0.15) is 17.4 Å².